The molecular weight excluding hydrogens is 273 g/mol. The summed E-state index contributed by atoms with van der Waals surface area (Å²) in [5.41, 5.74) is 0.290. The topological polar surface area (TPSA) is 49.3 Å². The van der Waals surface area contributed by atoms with Crippen molar-refractivity contribution in [2.45, 2.75) is 19.3 Å². The molecule has 0 aromatic heterocycles. The van der Waals surface area contributed by atoms with Crippen molar-refractivity contribution in [3.05, 3.63) is 22.2 Å². The van der Waals surface area contributed by atoms with Crippen LogP contribution in [-0.4, -0.2) is 11.0 Å². The molecule has 2 saturated carbocycles. The van der Waals surface area contributed by atoms with Crippen molar-refractivity contribution in [1.82, 2.24) is 0 Å². The Morgan fingerprint density at radius 2 is 1.89 bits per heavy atom. The van der Waals surface area contributed by atoms with E-state index < -0.39 is 0 Å². The van der Waals surface area contributed by atoms with E-state index in [0.29, 0.717) is 5.02 Å². The van der Waals surface area contributed by atoms with Crippen LogP contribution in [0.2, 0.25) is 10.0 Å². The van der Waals surface area contributed by atoms with Gasteiger partial charge in [0.1, 0.15) is 0 Å². The smallest absolute Gasteiger partial charge is 0.227 e. The first-order valence-corrected chi connectivity index (χ1v) is 6.79. The van der Waals surface area contributed by atoms with Crippen LogP contribution in [0.5, 0.6) is 5.75 Å². The first-order chi connectivity index (χ1) is 8.54. The number of benzene rings is 1. The van der Waals surface area contributed by atoms with Crippen LogP contribution in [0, 0.1) is 17.8 Å². The maximum Gasteiger partial charge on any atom is 0.227 e. The van der Waals surface area contributed by atoms with E-state index in [0.717, 1.165) is 24.7 Å². The van der Waals surface area contributed by atoms with E-state index >= 15 is 0 Å². The lowest BCUT2D eigenvalue weighted by atomic mass is 10.0. The number of halogens is 2. The predicted octanol–water partition coefficient (Wildman–Crippen LogP) is 3.68. The Balaban J connectivity index is 1.74. The van der Waals surface area contributed by atoms with Crippen LogP contribution in [-0.2, 0) is 4.79 Å². The molecule has 0 radical (unpaired) electrons. The van der Waals surface area contributed by atoms with E-state index in [-0.39, 0.29) is 28.3 Å². The number of phenols is 1. The van der Waals surface area contributed by atoms with Crippen molar-refractivity contribution in [3.8, 4) is 5.75 Å². The number of rotatable bonds is 2. The van der Waals surface area contributed by atoms with Gasteiger partial charge in [0.25, 0.3) is 0 Å². The van der Waals surface area contributed by atoms with Gasteiger partial charge >= 0.3 is 0 Å². The van der Waals surface area contributed by atoms with Crippen LogP contribution in [0.3, 0.4) is 0 Å². The van der Waals surface area contributed by atoms with Crippen LogP contribution in [0.4, 0.5) is 5.69 Å². The van der Waals surface area contributed by atoms with Gasteiger partial charge in [-0.1, -0.05) is 23.2 Å². The van der Waals surface area contributed by atoms with E-state index in [9.17, 15) is 9.90 Å². The Kier molecular flexibility index (Phi) is 2.91. The standard InChI is InChI=1S/C13H13Cl2NO2/c14-9-4-10(15)12(17)11(5-9)16-13(18)8-2-6-1-7(6)3-8/h4-8,17H,1-3H2,(H,16,18). The summed E-state index contributed by atoms with van der Waals surface area (Å²) in [7, 11) is 0. The highest BCUT2D eigenvalue weighted by atomic mass is 35.5. The van der Waals surface area contributed by atoms with Gasteiger partial charge in [-0.15, -0.1) is 0 Å². The molecule has 2 atom stereocenters. The van der Waals surface area contributed by atoms with Crippen LogP contribution < -0.4 is 5.32 Å². The minimum atomic E-state index is -0.127. The monoisotopic (exact) mass is 285 g/mol. The summed E-state index contributed by atoms with van der Waals surface area (Å²) in [6.45, 7) is 0. The summed E-state index contributed by atoms with van der Waals surface area (Å²) in [5.74, 6) is 1.38. The molecule has 1 aromatic rings. The summed E-state index contributed by atoms with van der Waals surface area (Å²) in [6, 6.07) is 2.95. The molecule has 2 aliphatic carbocycles. The quantitative estimate of drug-likeness (QED) is 0.815. The van der Waals surface area contributed by atoms with Gasteiger partial charge in [0.05, 0.1) is 10.7 Å². The number of amides is 1. The molecule has 0 saturated heterocycles. The van der Waals surface area contributed by atoms with Crippen LogP contribution in [0.1, 0.15) is 19.3 Å². The van der Waals surface area contributed by atoms with E-state index in [1.165, 1.54) is 18.6 Å². The van der Waals surface area contributed by atoms with Gasteiger partial charge in [-0.05, 0) is 43.2 Å². The number of phenolic OH excluding ortho intramolecular Hbond substituents is 1. The number of carbonyl (C=O) groups is 1. The van der Waals surface area contributed by atoms with Crippen LogP contribution >= 0.6 is 23.2 Å². The molecule has 2 aliphatic rings. The fraction of sp³-hybridized carbons (Fsp3) is 0.462. The minimum Gasteiger partial charge on any atom is -0.504 e. The SMILES string of the molecule is O=C(Nc1cc(Cl)cc(Cl)c1O)C1CC2CC2C1. The zero-order chi connectivity index (χ0) is 12.9. The van der Waals surface area contributed by atoms with Crippen LogP contribution in [0.25, 0.3) is 0 Å². The fourth-order valence-corrected chi connectivity index (χ4v) is 3.32. The van der Waals surface area contributed by atoms with Crippen molar-refractivity contribution in [3.63, 3.8) is 0 Å². The molecule has 0 aliphatic heterocycles. The Morgan fingerprint density at radius 1 is 1.22 bits per heavy atom. The van der Waals surface area contributed by atoms with Crippen molar-refractivity contribution < 1.29 is 9.90 Å². The molecule has 96 valence electrons. The maximum absolute atomic E-state index is 12.0. The molecule has 0 spiro atoms. The minimum absolute atomic E-state index is 0.0455. The second-order valence-electron chi connectivity index (χ2n) is 5.20. The zero-order valence-corrected chi connectivity index (χ0v) is 11.1. The third kappa shape index (κ3) is 2.17. The molecule has 2 unspecified atom stereocenters. The van der Waals surface area contributed by atoms with E-state index in [1.54, 1.807) is 0 Å². The number of aromatic hydroxyl groups is 1. The molecule has 1 aromatic carbocycles. The Labute approximate surface area is 115 Å². The summed E-state index contributed by atoms with van der Waals surface area (Å²) in [6.07, 6.45) is 3.20. The summed E-state index contributed by atoms with van der Waals surface area (Å²) >= 11 is 11.7. The second kappa shape index (κ2) is 4.32. The highest BCUT2D eigenvalue weighted by Crippen LogP contribution is 2.54. The number of nitrogens with one attached hydrogen (secondary N) is 1. The Bertz CT molecular complexity index is 508. The number of fused-ring (bicyclic) bond motifs is 1. The lowest BCUT2D eigenvalue weighted by Gasteiger charge is -2.14. The number of carbonyl (C=O) groups excluding carboxylic acids is 1. The van der Waals surface area contributed by atoms with Gasteiger partial charge < -0.3 is 10.4 Å². The van der Waals surface area contributed by atoms with Crippen molar-refractivity contribution >= 4 is 34.8 Å². The van der Waals surface area contributed by atoms with Crippen molar-refractivity contribution in [2.75, 3.05) is 5.32 Å². The molecule has 0 bridgehead atoms. The van der Waals surface area contributed by atoms with E-state index in [1.807, 2.05) is 0 Å². The Hall–Kier alpha value is -0.930. The molecule has 2 N–H and O–H groups in total. The molecule has 0 heterocycles. The van der Waals surface area contributed by atoms with Gasteiger partial charge in [-0.2, -0.15) is 0 Å². The summed E-state index contributed by atoms with van der Waals surface area (Å²) in [4.78, 5) is 12.0. The average Bonchev–Trinajstić information content (AvgIpc) is 2.92. The molecule has 3 nitrogen and oxygen atoms in total. The Morgan fingerprint density at radius 3 is 2.56 bits per heavy atom. The van der Waals surface area contributed by atoms with E-state index in [2.05, 4.69) is 5.32 Å². The van der Waals surface area contributed by atoms with Crippen molar-refractivity contribution in [2.24, 2.45) is 17.8 Å². The second-order valence-corrected chi connectivity index (χ2v) is 6.04. The normalized spacial score (nSPS) is 28.9. The highest BCUT2D eigenvalue weighted by molar-refractivity contribution is 6.36. The molecule has 2 fully saturated rings. The van der Waals surface area contributed by atoms with Crippen LogP contribution in [0.15, 0.2) is 12.1 Å². The first-order valence-electron chi connectivity index (χ1n) is 6.03. The highest BCUT2D eigenvalue weighted by Gasteiger charge is 2.48. The number of hydrogen-bond donors (Lipinski definition) is 2. The first kappa shape index (κ1) is 12.1. The van der Waals surface area contributed by atoms with Gasteiger partial charge in [-0.25, -0.2) is 0 Å². The molecular formula is C13H13Cl2NO2. The van der Waals surface area contributed by atoms with Gasteiger partial charge in [0.2, 0.25) is 5.91 Å². The third-order valence-corrected chi connectivity index (χ3v) is 4.41. The predicted molar refractivity (Wildman–Crippen MR) is 71.1 cm³/mol. The van der Waals surface area contributed by atoms with Gasteiger partial charge in [-0.3, -0.25) is 4.79 Å². The summed E-state index contributed by atoms with van der Waals surface area (Å²) in [5, 5.41) is 13.0. The average molecular weight is 286 g/mol. The lowest BCUT2D eigenvalue weighted by Crippen LogP contribution is -2.21. The van der Waals surface area contributed by atoms with Crippen molar-refractivity contribution in [1.29, 1.82) is 0 Å². The number of anilines is 1. The molecule has 18 heavy (non-hydrogen) atoms. The largest absolute Gasteiger partial charge is 0.504 e. The third-order valence-electron chi connectivity index (χ3n) is 3.90. The molecule has 3 rings (SSSR count). The molecule has 5 heteroatoms. The zero-order valence-electron chi connectivity index (χ0n) is 9.62. The summed E-state index contributed by atoms with van der Waals surface area (Å²) < 4.78 is 0. The fourth-order valence-electron chi connectivity index (χ4n) is 2.82. The maximum atomic E-state index is 12.0. The molecule has 1 amide bonds. The van der Waals surface area contributed by atoms with Gasteiger partial charge in [0, 0.05) is 10.9 Å². The lowest BCUT2D eigenvalue weighted by molar-refractivity contribution is -0.120. The van der Waals surface area contributed by atoms with Gasteiger partial charge in [0.15, 0.2) is 5.75 Å². The number of hydrogen-bond acceptors (Lipinski definition) is 2. The van der Waals surface area contributed by atoms with E-state index in [4.69, 9.17) is 23.2 Å².